The fraction of sp³-hybridized carbons (Fsp3) is 0.611. The van der Waals surface area contributed by atoms with E-state index >= 15 is 0 Å². The molecule has 1 saturated carbocycles. The van der Waals surface area contributed by atoms with Crippen molar-refractivity contribution in [1.82, 2.24) is 14.8 Å². The zero-order valence-corrected chi connectivity index (χ0v) is 14.3. The number of pyridine rings is 1. The van der Waals surface area contributed by atoms with Crippen LogP contribution in [0.25, 0.3) is 0 Å². The van der Waals surface area contributed by atoms with Gasteiger partial charge < -0.3 is 14.8 Å². The first-order chi connectivity index (χ1) is 11.5. The highest BCUT2D eigenvalue weighted by molar-refractivity contribution is 5.94. The molecule has 3 rings (SSSR count). The standard InChI is InChI=1S/C18H25N3O3/c1-12(2)15-11-20(18(24)14-5-6-16(22)19-9-14)8-7-17(23)21(15)10-13-3-4-13/h5-6,9,12-13,15H,3-4,7-8,10-11H2,1-2H3,(H,19,22). The van der Waals surface area contributed by atoms with E-state index in [0.717, 1.165) is 6.54 Å². The number of hydrogen-bond acceptors (Lipinski definition) is 3. The zero-order chi connectivity index (χ0) is 17.3. The van der Waals surface area contributed by atoms with Crippen LogP contribution in [-0.4, -0.2) is 52.3 Å². The van der Waals surface area contributed by atoms with Crippen molar-refractivity contribution in [1.29, 1.82) is 0 Å². The second kappa shape index (κ2) is 6.79. The SMILES string of the molecule is CC(C)C1CN(C(=O)c2ccc(=O)[nH]c2)CCC(=O)N1CC1CC1. The molecule has 0 aromatic carbocycles. The average Bonchev–Trinajstić information content (AvgIpc) is 3.37. The van der Waals surface area contributed by atoms with Crippen LogP contribution < -0.4 is 5.56 Å². The van der Waals surface area contributed by atoms with Crippen LogP contribution in [0, 0.1) is 11.8 Å². The molecule has 2 heterocycles. The van der Waals surface area contributed by atoms with Crippen LogP contribution in [0.1, 0.15) is 43.5 Å². The number of H-pyrrole nitrogens is 1. The monoisotopic (exact) mass is 331 g/mol. The second-order valence-corrected chi connectivity index (χ2v) is 7.24. The molecule has 1 aromatic heterocycles. The lowest BCUT2D eigenvalue weighted by atomic mass is 10.0. The Labute approximate surface area is 141 Å². The summed E-state index contributed by atoms with van der Waals surface area (Å²) in [5.41, 5.74) is 0.230. The van der Waals surface area contributed by atoms with E-state index in [1.54, 1.807) is 11.0 Å². The Morgan fingerprint density at radius 1 is 1.29 bits per heavy atom. The third kappa shape index (κ3) is 3.68. The normalized spacial score (nSPS) is 22.0. The molecular weight excluding hydrogens is 306 g/mol. The van der Waals surface area contributed by atoms with Crippen molar-refractivity contribution in [3.63, 3.8) is 0 Å². The third-order valence-electron chi connectivity index (χ3n) is 4.96. The maximum atomic E-state index is 12.8. The van der Waals surface area contributed by atoms with Crippen molar-refractivity contribution in [2.75, 3.05) is 19.6 Å². The molecule has 2 amide bonds. The maximum Gasteiger partial charge on any atom is 0.255 e. The Morgan fingerprint density at radius 2 is 2.04 bits per heavy atom. The van der Waals surface area contributed by atoms with Crippen molar-refractivity contribution in [2.45, 2.75) is 39.2 Å². The van der Waals surface area contributed by atoms with Crippen LogP contribution in [0.2, 0.25) is 0 Å². The van der Waals surface area contributed by atoms with E-state index in [0.29, 0.717) is 31.0 Å². The molecule has 130 valence electrons. The molecule has 1 aliphatic heterocycles. The van der Waals surface area contributed by atoms with Gasteiger partial charge in [-0.15, -0.1) is 0 Å². The van der Waals surface area contributed by atoms with E-state index < -0.39 is 0 Å². The number of carbonyl (C=O) groups excluding carboxylic acids is 2. The zero-order valence-electron chi connectivity index (χ0n) is 14.3. The second-order valence-electron chi connectivity index (χ2n) is 7.24. The van der Waals surface area contributed by atoms with E-state index in [4.69, 9.17) is 0 Å². The predicted octanol–water partition coefficient (Wildman–Crippen LogP) is 1.48. The topological polar surface area (TPSA) is 73.5 Å². The average molecular weight is 331 g/mol. The minimum absolute atomic E-state index is 0.0484. The van der Waals surface area contributed by atoms with Gasteiger partial charge in [0.15, 0.2) is 0 Å². The van der Waals surface area contributed by atoms with E-state index in [-0.39, 0.29) is 29.3 Å². The van der Waals surface area contributed by atoms with Crippen molar-refractivity contribution in [3.8, 4) is 0 Å². The summed E-state index contributed by atoms with van der Waals surface area (Å²) >= 11 is 0. The fourth-order valence-electron chi connectivity index (χ4n) is 3.27. The molecule has 2 aliphatic rings. The van der Waals surface area contributed by atoms with Gasteiger partial charge in [0.25, 0.3) is 5.91 Å². The Kier molecular flexibility index (Phi) is 4.73. The summed E-state index contributed by atoms with van der Waals surface area (Å²) in [5.74, 6) is 0.948. The Balaban J connectivity index is 1.79. The first kappa shape index (κ1) is 16.7. The predicted molar refractivity (Wildman–Crippen MR) is 90.6 cm³/mol. The van der Waals surface area contributed by atoms with Crippen LogP contribution in [0.3, 0.4) is 0 Å². The number of rotatable bonds is 4. The van der Waals surface area contributed by atoms with E-state index in [9.17, 15) is 14.4 Å². The quantitative estimate of drug-likeness (QED) is 0.908. The van der Waals surface area contributed by atoms with Gasteiger partial charge in [-0.1, -0.05) is 13.8 Å². The molecule has 1 aromatic rings. The molecule has 1 saturated heterocycles. The van der Waals surface area contributed by atoms with Gasteiger partial charge >= 0.3 is 0 Å². The van der Waals surface area contributed by atoms with Gasteiger partial charge in [-0.3, -0.25) is 14.4 Å². The number of aromatic nitrogens is 1. The lowest BCUT2D eigenvalue weighted by Crippen LogP contribution is -2.48. The van der Waals surface area contributed by atoms with E-state index in [2.05, 4.69) is 18.8 Å². The molecule has 24 heavy (non-hydrogen) atoms. The highest BCUT2D eigenvalue weighted by Gasteiger charge is 2.36. The minimum atomic E-state index is -0.228. The van der Waals surface area contributed by atoms with Crippen LogP contribution in [0.15, 0.2) is 23.1 Å². The summed E-state index contributed by atoms with van der Waals surface area (Å²) < 4.78 is 0. The van der Waals surface area contributed by atoms with Crippen LogP contribution in [0.4, 0.5) is 0 Å². The van der Waals surface area contributed by atoms with Gasteiger partial charge in [-0.2, -0.15) is 0 Å². The molecule has 0 radical (unpaired) electrons. The number of nitrogens with zero attached hydrogens (tertiary/aromatic N) is 2. The van der Waals surface area contributed by atoms with Crippen molar-refractivity contribution < 1.29 is 9.59 Å². The van der Waals surface area contributed by atoms with Crippen LogP contribution in [-0.2, 0) is 4.79 Å². The molecular formula is C18H25N3O3. The summed E-state index contributed by atoms with van der Waals surface area (Å²) in [6.07, 6.45) is 4.22. The van der Waals surface area contributed by atoms with Gasteiger partial charge in [0.2, 0.25) is 11.5 Å². The Morgan fingerprint density at radius 3 is 2.62 bits per heavy atom. The van der Waals surface area contributed by atoms with Gasteiger partial charge in [0.05, 0.1) is 11.6 Å². The number of aromatic amines is 1. The molecule has 1 unspecified atom stereocenters. The minimum Gasteiger partial charge on any atom is -0.337 e. The first-order valence-corrected chi connectivity index (χ1v) is 8.73. The third-order valence-corrected chi connectivity index (χ3v) is 4.96. The van der Waals surface area contributed by atoms with Crippen molar-refractivity contribution >= 4 is 11.8 Å². The summed E-state index contributed by atoms with van der Waals surface area (Å²) in [7, 11) is 0. The van der Waals surface area contributed by atoms with Crippen LogP contribution in [0.5, 0.6) is 0 Å². The van der Waals surface area contributed by atoms with Crippen molar-refractivity contribution in [3.05, 3.63) is 34.2 Å². The summed E-state index contributed by atoms with van der Waals surface area (Å²) in [4.78, 5) is 42.8. The molecule has 6 nitrogen and oxygen atoms in total. The highest BCUT2D eigenvalue weighted by atomic mass is 16.2. The number of nitrogens with one attached hydrogen (secondary N) is 1. The number of hydrogen-bond donors (Lipinski definition) is 1. The van der Waals surface area contributed by atoms with Gasteiger partial charge in [-0.25, -0.2) is 0 Å². The van der Waals surface area contributed by atoms with Gasteiger partial charge in [0.1, 0.15) is 0 Å². The lowest BCUT2D eigenvalue weighted by molar-refractivity contribution is -0.133. The van der Waals surface area contributed by atoms with E-state index in [1.165, 1.54) is 25.1 Å². The number of carbonyl (C=O) groups is 2. The molecule has 6 heteroatoms. The largest absolute Gasteiger partial charge is 0.337 e. The highest BCUT2D eigenvalue weighted by Crippen LogP contribution is 2.32. The molecule has 1 atom stereocenters. The first-order valence-electron chi connectivity index (χ1n) is 8.73. The molecule has 0 bridgehead atoms. The van der Waals surface area contributed by atoms with Gasteiger partial charge in [-0.05, 0) is 30.7 Å². The smallest absolute Gasteiger partial charge is 0.255 e. The molecule has 1 N–H and O–H groups in total. The Bertz CT molecular complexity index is 658. The summed E-state index contributed by atoms with van der Waals surface area (Å²) in [6.45, 7) is 6.01. The van der Waals surface area contributed by atoms with Crippen molar-refractivity contribution in [2.24, 2.45) is 11.8 Å². The molecule has 2 fully saturated rings. The maximum absolute atomic E-state index is 12.8. The molecule has 0 spiro atoms. The van der Waals surface area contributed by atoms with E-state index in [1.807, 2.05) is 4.90 Å². The Hall–Kier alpha value is -2.11. The summed E-state index contributed by atoms with van der Waals surface area (Å²) in [5, 5.41) is 0. The fourth-order valence-corrected chi connectivity index (χ4v) is 3.27. The lowest BCUT2D eigenvalue weighted by Gasteiger charge is -2.34. The summed E-state index contributed by atoms with van der Waals surface area (Å²) in [6, 6.07) is 2.95. The number of amides is 2. The van der Waals surface area contributed by atoms with Crippen LogP contribution >= 0.6 is 0 Å². The molecule has 1 aliphatic carbocycles. The van der Waals surface area contributed by atoms with Gasteiger partial charge in [0, 0.05) is 38.3 Å².